The van der Waals surface area contributed by atoms with Crippen LogP contribution < -0.4 is 4.90 Å². The van der Waals surface area contributed by atoms with Gasteiger partial charge in [0.05, 0.1) is 11.4 Å². The summed E-state index contributed by atoms with van der Waals surface area (Å²) in [5.74, 6) is 0.118. The largest absolute Gasteiger partial charge is 0.310 e. The molecule has 4 aromatic rings. The standard InChI is InChI=1S/C31H27NO/c1-30(2)23-12-6-5-11-21(23)29(33)22-18-17-20(19-26(22)30)32-27-15-9-7-13-24(27)31(3,4)25-14-8-10-16-28(25)32/h5-19H,1-4H3. The fourth-order valence-corrected chi connectivity index (χ4v) is 5.85. The van der Waals surface area contributed by atoms with Crippen LogP contribution in [0.25, 0.3) is 0 Å². The van der Waals surface area contributed by atoms with Crippen molar-refractivity contribution in [3.8, 4) is 0 Å². The third kappa shape index (κ3) is 2.64. The molecule has 0 atom stereocenters. The van der Waals surface area contributed by atoms with Crippen LogP contribution >= 0.6 is 0 Å². The van der Waals surface area contributed by atoms with Gasteiger partial charge in [-0.3, -0.25) is 4.79 Å². The number of carbonyl (C=O) groups is 1. The molecular weight excluding hydrogens is 402 g/mol. The second-order valence-electron chi connectivity index (χ2n) is 10.2. The van der Waals surface area contributed by atoms with Crippen LogP contribution in [-0.4, -0.2) is 5.78 Å². The third-order valence-electron chi connectivity index (χ3n) is 7.66. The van der Waals surface area contributed by atoms with E-state index in [1.165, 1.54) is 22.5 Å². The van der Waals surface area contributed by atoms with Crippen molar-refractivity contribution in [2.45, 2.75) is 38.5 Å². The highest BCUT2D eigenvalue weighted by Crippen LogP contribution is 2.52. The zero-order chi connectivity index (χ0) is 23.0. The van der Waals surface area contributed by atoms with E-state index in [-0.39, 0.29) is 16.6 Å². The Kier molecular flexibility index (Phi) is 4.05. The van der Waals surface area contributed by atoms with E-state index in [0.29, 0.717) is 0 Å². The zero-order valence-electron chi connectivity index (χ0n) is 19.5. The number of nitrogens with zero attached hydrogens (tertiary/aromatic N) is 1. The van der Waals surface area contributed by atoms with Gasteiger partial charge in [0.2, 0.25) is 0 Å². The number of ketones is 1. The van der Waals surface area contributed by atoms with Gasteiger partial charge in [-0.15, -0.1) is 0 Å². The van der Waals surface area contributed by atoms with Crippen molar-refractivity contribution in [2.24, 2.45) is 0 Å². The summed E-state index contributed by atoms with van der Waals surface area (Å²) in [6.45, 7) is 9.05. The lowest BCUT2D eigenvalue weighted by Gasteiger charge is -2.42. The van der Waals surface area contributed by atoms with Crippen LogP contribution in [0.2, 0.25) is 0 Å². The summed E-state index contributed by atoms with van der Waals surface area (Å²) in [6, 6.07) is 31.7. The van der Waals surface area contributed by atoms with Gasteiger partial charge in [0.1, 0.15) is 0 Å². The van der Waals surface area contributed by atoms with E-state index in [4.69, 9.17) is 0 Å². The van der Waals surface area contributed by atoms with Crippen LogP contribution in [0, 0.1) is 0 Å². The van der Waals surface area contributed by atoms with Gasteiger partial charge >= 0.3 is 0 Å². The van der Waals surface area contributed by atoms with Crippen molar-refractivity contribution >= 4 is 22.8 Å². The van der Waals surface area contributed by atoms with Gasteiger partial charge in [0.25, 0.3) is 0 Å². The molecule has 2 heteroatoms. The maximum Gasteiger partial charge on any atom is 0.193 e. The highest BCUT2D eigenvalue weighted by atomic mass is 16.1. The molecule has 0 saturated heterocycles. The highest BCUT2D eigenvalue weighted by molar-refractivity contribution is 6.13. The molecule has 0 bridgehead atoms. The zero-order valence-corrected chi connectivity index (χ0v) is 19.5. The first-order valence-electron chi connectivity index (χ1n) is 11.6. The van der Waals surface area contributed by atoms with E-state index < -0.39 is 0 Å². The second kappa shape index (κ2) is 6.68. The van der Waals surface area contributed by atoms with Crippen molar-refractivity contribution in [1.29, 1.82) is 0 Å². The minimum Gasteiger partial charge on any atom is -0.310 e. The van der Waals surface area contributed by atoms with E-state index >= 15 is 0 Å². The van der Waals surface area contributed by atoms with Gasteiger partial charge in [0.15, 0.2) is 5.78 Å². The van der Waals surface area contributed by atoms with Crippen LogP contribution in [0.5, 0.6) is 0 Å². The first kappa shape index (κ1) is 20.0. The fraction of sp³-hybridized carbons (Fsp3) is 0.194. The molecule has 0 unspecified atom stereocenters. The quantitative estimate of drug-likeness (QED) is 0.309. The van der Waals surface area contributed by atoms with Crippen molar-refractivity contribution in [2.75, 3.05) is 4.90 Å². The summed E-state index contributed by atoms with van der Waals surface area (Å²) in [5, 5.41) is 0. The van der Waals surface area contributed by atoms with Gasteiger partial charge in [0, 0.05) is 27.6 Å². The molecule has 162 valence electrons. The number of hydrogen-bond donors (Lipinski definition) is 0. The van der Waals surface area contributed by atoms with Crippen LogP contribution in [-0.2, 0) is 10.8 Å². The minimum atomic E-state index is -0.260. The fourth-order valence-electron chi connectivity index (χ4n) is 5.85. The van der Waals surface area contributed by atoms with E-state index in [1.807, 2.05) is 24.3 Å². The molecule has 0 aromatic heterocycles. The second-order valence-corrected chi connectivity index (χ2v) is 10.2. The monoisotopic (exact) mass is 429 g/mol. The summed E-state index contributed by atoms with van der Waals surface area (Å²) in [4.78, 5) is 15.7. The molecule has 0 N–H and O–H groups in total. The Hall–Kier alpha value is -3.65. The van der Waals surface area contributed by atoms with Gasteiger partial charge in [-0.2, -0.15) is 0 Å². The molecular formula is C31H27NO. The van der Waals surface area contributed by atoms with Gasteiger partial charge in [-0.05, 0) is 52.6 Å². The Morgan fingerprint density at radius 3 is 1.67 bits per heavy atom. The minimum absolute atomic E-state index is 0.0912. The average Bonchev–Trinajstić information content (AvgIpc) is 2.83. The Morgan fingerprint density at radius 1 is 0.545 bits per heavy atom. The maximum absolute atomic E-state index is 13.4. The first-order chi connectivity index (χ1) is 15.8. The normalized spacial score (nSPS) is 17.0. The van der Waals surface area contributed by atoms with Crippen LogP contribution in [0.4, 0.5) is 17.1 Å². The average molecular weight is 430 g/mol. The lowest BCUT2D eigenvalue weighted by atomic mass is 9.68. The van der Waals surface area contributed by atoms with Gasteiger partial charge in [-0.25, -0.2) is 0 Å². The van der Waals surface area contributed by atoms with Crippen molar-refractivity contribution in [3.63, 3.8) is 0 Å². The van der Waals surface area contributed by atoms with E-state index in [2.05, 4.69) is 99.3 Å². The molecule has 2 nitrogen and oxygen atoms in total. The third-order valence-corrected chi connectivity index (χ3v) is 7.66. The molecule has 1 aliphatic heterocycles. The van der Waals surface area contributed by atoms with Crippen LogP contribution in [0.15, 0.2) is 91.0 Å². The predicted molar refractivity (Wildman–Crippen MR) is 135 cm³/mol. The highest BCUT2D eigenvalue weighted by Gasteiger charge is 2.39. The summed E-state index contributed by atoms with van der Waals surface area (Å²) in [6.07, 6.45) is 0. The molecule has 2 aliphatic rings. The summed E-state index contributed by atoms with van der Waals surface area (Å²) in [5.41, 5.74) is 9.55. The Bertz CT molecular complexity index is 1390. The lowest BCUT2D eigenvalue weighted by Crippen LogP contribution is -2.32. The number of benzene rings is 4. The SMILES string of the molecule is CC1(C)c2ccccc2C(=O)c2ccc(N3c4ccccc4C(C)(C)c4ccccc43)cc21. The number of carbonyl (C=O) groups excluding carboxylic acids is 1. The Morgan fingerprint density at radius 2 is 1.03 bits per heavy atom. The van der Waals surface area contributed by atoms with E-state index in [0.717, 1.165) is 27.9 Å². The van der Waals surface area contributed by atoms with Crippen LogP contribution in [0.1, 0.15) is 65.9 Å². The van der Waals surface area contributed by atoms with E-state index in [1.54, 1.807) is 0 Å². The molecule has 1 heterocycles. The summed E-state index contributed by atoms with van der Waals surface area (Å²) < 4.78 is 0. The van der Waals surface area contributed by atoms with Crippen molar-refractivity contribution in [3.05, 3.63) is 124 Å². The lowest BCUT2D eigenvalue weighted by molar-refractivity contribution is 0.103. The summed E-state index contributed by atoms with van der Waals surface area (Å²) in [7, 11) is 0. The molecule has 0 saturated carbocycles. The predicted octanol–water partition coefficient (Wildman–Crippen LogP) is 7.67. The maximum atomic E-state index is 13.4. The van der Waals surface area contributed by atoms with E-state index in [9.17, 15) is 4.79 Å². The summed E-state index contributed by atoms with van der Waals surface area (Å²) >= 11 is 0. The number of rotatable bonds is 1. The topological polar surface area (TPSA) is 20.3 Å². The molecule has 0 fully saturated rings. The molecule has 6 rings (SSSR count). The molecule has 0 radical (unpaired) electrons. The first-order valence-corrected chi connectivity index (χ1v) is 11.6. The molecule has 33 heavy (non-hydrogen) atoms. The van der Waals surface area contributed by atoms with Crippen molar-refractivity contribution in [1.82, 2.24) is 0 Å². The molecule has 4 aromatic carbocycles. The number of hydrogen-bond acceptors (Lipinski definition) is 2. The molecule has 0 spiro atoms. The van der Waals surface area contributed by atoms with Crippen molar-refractivity contribution < 1.29 is 4.79 Å². The van der Waals surface area contributed by atoms with Crippen LogP contribution in [0.3, 0.4) is 0 Å². The molecule has 1 aliphatic carbocycles. The Balaban J connectivity index is 1.60. The molecule has 0 amide bonds. The van der Waals surface area contributed by atoms with Gasteiger partial charge in [-0.1, -0.05) is 88.4 Å². The van der Waals surface area contributed by atoms with Gasteiger partial charge < -0.3 is 4.90 Å². The number of anilines is 3. The number of para-hydroxylation sites is 2. The number of fused-ring (bicyclic) bond motifs is 4. The smallest absolute Gasteiger partial charge is 0.193 e. The Labute approximate surface area is 195 Å².